The molecule has 2 atom stereocenters. The van der Waals surface area contributed by atoms with Crippen molar-refractivity contribution in [2.75, 3.05) is 32.8 Å². The van der Waals surface area contributed by atoms with Gasteiger partial charge in [0.15, 0.2) is 0 Å². The summed E-state index contributed by atoms with van der Waals surface area (Å²) in [5.74, 6) is 0.256. The molecule has 0 unspecified atom stereocenters. The number of benzene rings is 2. The number of hydrogen-bond acceptors (Lipinski definition) is 4. The summed E-state index contributed by atoms with van der Waals surface area (Å²) in [6.07, 6.45) is 2.00. The number of carbonyl (C=O) groups excluding carboxylic acids is 1. The van der Waals surface area contributed by atoms with Crippen molar-refractivity contribution < 1.29 is 9.53 Å². The number of rotatable bonds is 3. The van der Waals surface area contributed by atoms with Gasteiger partial charge < -0.3 is 4.74 Å². The highest BCUT2D eigenvalue weighted by atomic mass is 35.5. The van der Waals surface area contributed by atoms with Crippen LogP contribution in [0.1, 0.15) is 29.2 Å². The maximum Gasteiger partial charge on any atom is 0.257 e. The number of morpholine rings is 1. The maximum atomic E-state index is 13.3. The summed E-state index contributed by atoms with van der Waals surface area (Å²) >= 11 is 6.12. The molecule has 0 N–H and O–H groups in total. The molecule has 1 amide bonds. The van der Waals surface area contributed by atoms with E-state index in [4.69, 9.17) is 21.4 Å². The molecule has 1 aliphatic carbocycles. The van der Waals surface area contributed by atoms with E-state index in [1.54, 1.807) is 5.01 Å². The Morgan fingerprint density at radius 2 is 1.86 bits per heavy atom. The van der Waals surface area contributed by atoms with Crippen LogP contribution in [-0.4, -0.2) is 54.4 Å². The number of aryl methyl sites for hydroxylation is 1. The minimum atomic E-state index is -0.0795. The lowest BCUT2D eigenvalue weighted by molar-refractivity contribution is -0.135. The zero-order chi connectivity index (χ0) is 19.8. The van der Waals surface area contributed by atoms with Gasteiger partial charge in [0.2, 0.25) is 0 Å². The number of amides is 1. The fourth-order valence-corrected chi connectivity index (χ4v) is 4.81. The SMILES string of the molecule is O=C(CN1CCOCC1)N1N=C2c3ccccc3CC[C@@H]2[C@H]1c1ccc(Cl)cc1. The van der Waals surface area contributed by atoms with Crippen LogP contribution in [-0.2, 0) is 16.0 Å². The molecule has 150 valence electrons. The standard InChI is InChI=1S/C23H24ClN3O2/c24-18-8-5-17(6-9-18)23-20-10-7-16-3-1-2-4-19(16)22(20)25-27(23)21(28)15-26-11-13-29-14-12-26/h1-6,8-9,20,23H,7,10-15H2/t20-,23+/m0/s1. The number of hydrogen-bond donors (Lipinski definition) is 0. The summed E-state index contributed by atoms with van der Waals surface area (Å²) in [7, 11) is 0. The van der Waals surface area contributed by atoms with E-state index in [1.807, 2.05) is 24.3 Å². The fourth-order valence-electron chi connectivity index (χ4n) is 4.69. The molecule has 0 aromatic heterocycles. The van der Waals surface area contributed by atoms with Crippen molar-refractivity contribution in [3.05, 3.63) is 70.2 Å². The van der Waals surface area contributed by atoms with E-state index in [2.05, 4.69) is 29.2 Å². The molecular formula is C23H24ClN3O2. The van der Waals surface area contributed by atoms with Gasteiger partial charge in [0, 0.05) is 29.6 Å². The third-order valence-corrected chi connectivity index (χ3v) is 6.41. The average molecular weight is 410 g/mol. The van der Waals surface area contributed by atoms with Gasteiger partial charge >= 0.3 is 0 Å². The fraction of sp³-hybridized carbons (Fsp3) is 0.391. The Morgan fingerprint density at radius 3 is 2.66 bits per heavy atom. The molecule has 0 saturated carbocycles. The van der Waals surface area contributed by atoms with Crippen LogP contribution >= 0.6 is 11.6 Å². The summed E-state index contributed by atoms with van der Waals surface area (Å²) in [5.41, 5.74) is 4.64. The van der Waals surface area contributed by atoms with Crippen LogP contribution in [0.4, 0.5) is 0 Å². The zero-order valence-corrected chi connectivity index (χ0v) is 17.0. The van der Waals surface area contributed by atoms with Crippen molar-refractivity contribution in [2.45, 2.75) is 18.9 Å². The Balaban J connectivity index is 1.50. The highest BCUT2D eigenvalue weighted by Gasteiger charge is 2.43. The topological polar surface area (TPSA) is 45.1 Å². The van der Waals surface area contributed by atoms with Crippen molar-refractivity contribution >= 4 is 23.2 Å². The zero-order valence-electron chi connectivity index (χ0n) is 16.3. The van der Waals surface area contributed by atoms with Gasteiger partial charge in [-0.25, -0.2) is 5.01 Å². The van der Waals surface area contributed by atoms with Gasteiger partial charge in [0.05, 0.1) is 31.5 Å². The van der Waals surface area contributed by atoms with E-state index < -0.39 is 0 Å². The van der Waals surface area contributed by atoms with E-state index in [-0.39, 0.29) is 17.9 Å². The lowest BCUT2D eigenvalue weighted by Gasteiger charge is -2.31. The van der Waals surface area contributed by atoms with Crippen LogP contribution in [0.15, 0.2) is 53.6 Å². The largest absolute Gasteiger partial charge is 0.379 e. The molecule has 29 heavy (non-hydrogen) atoms. The Labute approximate surface area is 175 Å². The molecule has 5 rings (SSSR count). The van der Waals surface area contributed by atoms with Crippen LogP contribution in [0.5, 0.6) is 0 Å². The monoisotopic (exact) mass is 409 g/mol. The lowest BCUT2D eigenvalue weighted by atomic mass is 9.77. The second-order valence-corrected chi connectivity index (χ2v) is 8.35. The van der Waals surface area contributed by atoms with E-state index in [0.29, 0.717) is 24.8 Å². The van der Waals surface area contributed by atoms with Crippen LogP contribution in [0, 0.1) is 5.92 Å². The molecule has 3 aliphatic rings. The molecule has 1 saturated heterocycles. The van der Waals surface area contributed by atoms with Crippen LogP contribution in [0.3, 0.4) is 0 Å². The van der Waals surface area contributed by atoms with Crippen LogP contribution in [0.2, 0.25) is 5.02 Å². The maximum absolute atomic E-state index is 13.3. The van der Waals surface area contributed by atoms with E-state index in [9.17, 15) is 4.79 Å². The first-order chi connectivity index (χ1) is 14.2. The molecule has 0 spiro atoms. The Hall–Kier alpha value is -2.21. The van der Waals surface area contributed by atoms with Crippen molar-refractivity contribution in [3.63, 3.8) is 0 Å². The second kappa shape index (κ2) is 7.90. The quantitative estimate of drug-likeness (QED) is 0.779. The van der Waals surface area contributed by atoms with E-state index >= 15 is 0 Å². The lowest BCUT2D eigenvalue weighted by Crippen LogP contribution is -2.44. The summed E-state index contributed by atoms with van der Waals surface area (Å²) in [6.45, 7) is 3.30. The van der Waals surface area contributed by atoms with Crippen LogP contribution < -0.4 is 0 Å². The Kier molecular flexibility index (Phi) is 5.12. The van der Waals surface area contributed by atoms with E-state index in [0.717, 1.165) is 37.2 Å². The minimum absolute atomic E-state index is 0.0474. The smallest absolute Gasteiger partial charge is 0.257 e. The highest BCUT2D eigenvalue weighted by molar-refractivity contribution is 6.30. The molecule has 1 fully saturated rings. The predicted molar refractivity (Wildman–Crippen MR) is 113 cm³/mol. The van der Waals surface area contributed by atoms with Gasteiger partial charge in [0.1, 0.15) is 0 Å². The predicted octanol–water partition coefficient (Wildman–Crippen LogP) is 3.52. The minimum Gasteiger partial charge on any atom is -0.379 e. The Bertz CT molecular complexity index is 937. The third-order valence-electron chi connectivity index (χ3n) is 6.16. The van der Waals surface area contributed by atoms with Gasteiger partial charge in [0.25, 0.3) is 5.91 Å². The number of halogens is 1. The molecule has 2 heterocycles. The first-order valence-electron chi connectivity index (χ1n) is 10.2. The molecule has 2 aromatic carbocycles. The van der Waals surface area contributed by atoms with Crippen molar-refractivity contribution in [1.82, 2.24) is 9.91 Å². The average Bonchev–Trinajstić information content (AvgIpc) is 3.15. The number of ether oxygens (including phenoxy) is 1. The number of hydrazone groups is 1. The van der Waals surface area contributed by atoms with Gasteiger partial charge in [-0.15, -0.1) is 0 Å². The van der Waals surface area contributed by atoms with Gasteiger partial charge in [-0.2, -0.15) is 5.10 Å². The first kappa shape index (κ1) is 18.8. The molecule has 2 aliphatic heterocycles. The van der Waals surface area contributed by atoms with Crippen LogP contribution in [0.25, 0.3) is 0 Å². The van der Waals surface area contributed by atoms with E-state index in [1.165, 1.54) is 11.1 Å². The van der Waals surface area contributed by atoms with Gasteiger partial charge in [-0.3, -0.25) is 9.69 Å². The van der Waals surface area contributed by atoms with Gasteiger partial charge in [-0.05, 0) is 36.1 Å². The summed E-state index contributed by atoms with van der Waals surface area (Å²) in [4.78, 5) is 15.5. The van der Waals surface area contributed by atoms with Crippen molar-refractivity contribution in [2.24, 2.45) is 11.0 Å². The third kappa shape index (κ3) is 3.59. The normalized spacial score (nSPS) is 24.0. The molecule has 0 radical (unpaired) electrons. The molecular weight excluding hydrogens is 386 g/mol. The number of carbonyl (C=O) groups is 1. The number of fused-ring (bicyclic) bond motifs is 3. The second-order valence-electron chi connectivity index (χ2n) is 7.91. The van der Waals surface area contributed by atoms with Crippen molar-refractivity contribution in [3.8, 4) is 0 Å². The number of nitrogens with zero attached hydrogens (tertiary/aromatic N) is 3. The molecule has 2 aromatic rings. The van der Waals surface area contributed by atoms with Crippen molar-refractivity contribution in [1.29, 1.82) is 0 Å². The molecule has 6 heteroatoms. The summed E-state index contributed by atoms with van der Waals surface area (Å²) in [6, 6.07) is 16.2. The highest BCUT2D eigenvalue weighted by Crippen LogP contribution is 2.43. The molecule has 0 bridgehead atoms. The summed E-state index contributed by atoms with van der Waals surface area (Å²) in [5, 5.41) is 7.35. The Morgan fingerprint density at radius 1 is 1.10 bits per heavy atom. The van der Waals surface area contributed by atoms with Gasteiger partial charge in [-0.1, -0.05) is 48.0 Å². The molecule has 5 nitrogen and oxygen atoms in total. The first-order valence-corrected chi connectivity index (χ1v) is 10.6. The summed E-state index contributed by atoms with van der Waals surface area (Å²) < 4.78 is 5.42.